The summed E-state index contributed by atoms with van der Waals surface area (Å²) in [5.41, 5.74) is 0.951. The number of methoxy groups -OCH3 is 1. The fourth-order valence-corrected chi connectivity index (χ4v) is 3.03. The molecule has 2 atom stereocenters. The molecule has 24 heavy (non-hydrogen) atoms. The number of likely N-dealkylation sites (tertiary alicyclic amines) is 1. The second kappa shape index (κ2) is 7.04. The van der Waals surface area contributed by atoms with E-state index in [9.17, 15) is 13.6 Å². The maximum Gasteiger partial charge on any atom is 0.223 e. The molecule has 1 aromatic heterocycles. The standard InChI is InChI=1S/C16H18F2N4O2/c1-24-14-9-22(8-11(14)13-7-19-21-20-13)15(23)6-5-10-3-2-4-12(17)16(10)18/h2-4,7,11,14H,5-6,8-9H2,1H3,(H,19,20,21)/t11-,14+/m0/s1. The molecule has 0 bridgehead atoms. The van der Waals surface area contributed by atoms with Crippen molar-refractivity contribution in [3.05, 3.63) is 47.3 Å². The van der Waals surface area contributed by atoms with Crippen molar-refractivity contribution < 1.29 is 18.3 Å². The van der Waals surface area contributed by atoms with Crippen LogP contribution in [0, 0.1) is 11.6 Å². The summed E-state index contributed by atoms with van der Waals surface area (Å²) in [5, 5.41) is 10.4. The van der Waals surface area contributed by atoms with E-state index in [4.69, 9.17) is 4.74 Å². The summed E-state index contributed by atoms with van der Waals surface area (Å²) in [7, 11) is 1.59. The number of aryl methyl sites for hydroxylation is 1. The average molecular weight is 336 g/mol. The number of halogens is 2. The predicted octanol–water partition coefficient (Wildman–Crippen LogP) is 1.66. The van der Waals surface area contributed by atoms with Crippen LogP contribution in [0.1, 0.15) is 23.6 Å². The van der Waals surface area contributed by atoms with Gasteiger partial charge in [-0.2, -0.15) is 15.4 Å². The molecule has 1 saturated heterocycles. The Kier molecular flexibility index (Phi) is 4.84. The van der Waals surface area contributed by atoms with Gasteiger partial charge >= 0.3 is 0 Å². The number of aromatic amines is 1. The summed E-state index contributed by atoms with van der Waals surface area (Å²) >= 11 is 0. The molecule has 0 saturated carbocycles. The van der Waals surface area contributed by atoms with Gasteiger partial charge in [-0.15, -0.1) is 0 Å². The topological polar surface area (TPSA) is 71.1 Å². The predicted molar refractivity (Wildman–Crippen MR) is 81.2 cm³/mol. The molecule has 1 fully saturated rings. The zero-order valence-corrected chi connectivity index (χ0v) is 13.2. The van der Waals surface area contributed by atoms with Gasteiger partial charge in [-0.1, -0.05) is 12.1 Å². The first-order valence-electron chi connectivity index (χ1n) is 7.69. The molecular formula is C16H18F2N4O2. The number of nitrogens with zero attached hydrogens (tertiary/aromatic N) is 3. The first-order chi connectivity index (χ1) is 11.6. The van der Waals surface area contributed by atoms with Crippen LogP contribution in [0.3, 0.4) is 0 Å². The van der Waals surface area contributed by atoms with Crippen LogP contribution >= 0.6 is 0 Å². The van der Waals surface area contributed by atoms with Crippen LogP contribution in [-0.4, -0.2) is 52.5 Å². The van der Waals surface area contributed by atoms with Crippen LogP contribution in [0.4, 0.5) is 8.78 Å². The second-order valence-corrected chi connectivity index (χ2v) is 5.79. The maximum absolute atomic E-state index is 13.7. The number of carbonyl (C=O) groups excluding carboxylic acids is 1. The van der Waals surface area contributed by atoms with Gasteiger partial charge in [0, 0.05) is 26.6 Å². The fourth-order valence-electron chi connectivity index (χ4n) is 3.03. The van der Waals surface area contributed by atoms with Gasteiger partial charge < -0.3 is 9.64 Å². The lowest BCUT2D eigenvalue weighted by Crippen LogP contribution is -2.30. The van der Waals surface area contributed by atoms with Gasteiger partial charge in [-0.05, 0) is 18.1 Å². The number of rotatable bonds is 5. The first-order valence-corrected chi connectivity index (χ1v) is 7.69. The van der Waals surface area contributed by atoms with Crippen LogP contribution < -0.4 is 0 Å². The van der Waals surface area contributed by atoms with Crippen LogP contribution in [0.25, 0.3) is 0 Å². The van der Waals surface area contributed by atoms with E-state index in [0.717, 1.165) is 11.8 Å². The number of hydrogen-bond donors (Lipinski definition) is 1. The van der Waals surface area contributed by atoms with E-state index in [1.807, 2.05) is 0 Å². The number of ether oxygens (including phenoxy) is 1. The molecule has 0 spiro atoms. The number of benzene rings is 1. The summed E-state index contributed by atoms with van der Waals surface area (Å²) in [4.78, 5) is 14.1. The highest BCUT2D eigenvalue weighted by molar-refractivity contribution is 5.77. The normalized spacial score (nSPS) is 20.5. The second-order valence-electron chi connectivity index (χ2n) is 5.79. The molecule has 1 N–H and O–H groups in total. The van der Waals surface area contributed by atoms with Crippen LogP contribution in [0.2, 0.25) is 0 Å². The lowest BCUT2D eigenvalue weighted by molar-refractivity contribution is -0.130. The Morgan fingerprint density at radius 1 is 1.42 bits per heavy atom. The van der Waals surface area contributed by atoms with Gasteiger partial charge in [-0.25, -0.2) is 8.78 Å². The van der Waals surface area contributed by atoms with Gasteiger partial charge in [0.05, 0.1) is 23.9 Å². The van der Waals surface area contributed by atoms with E-state index < -0.39 is 11.6 Å². The zero-order valence-electron chi connectivity index (χ0n) is 13.2. The molecule has 2 heterocycles. The maximum atomic E-state index is 13.7. The molecule has 0 aliphatic carbocycles. The molecule has 1 aromatic carbocycles. The Bertz CT molecular complexity index is 708. The summed E-state index contributed by atoms with van der Waals surface area (Å²) in [6.45, 7) is 0.911. The molecule has 1 aliphatic rings. The molecule has 0 unspecified atom stereocenters. The van der Waals surface area contributed by atoms with Crippen molar-refractivity contribution in [2.75, 3.05) is 20.2 Å². The van der Waals surface area contributed by atoms with Crippen molar-refractivity contribution in [3.8, 4) is 0 Å². The van der Waals surface area contributed by atoms with Gasteiger partial charge in [0.15, 0.2) is 11.6 Å². The highest BCUT2D eigenvalue weighted by atomic mass is 19.2. The molecule has 1 amide bonds. The van der Waals surface area contributed by atoms with Gasteiger partial charge in [0.1, 0.15) is 0 Å². The van der Waals surface area contributed by atoms with Crippen molar-refractivity contribution in [1.29, 1.82) is 0 Å². The Morgan fingerprint density at radius 3 is 2.96 bits per heavy atom. The monoisotopic (exact) mass is 336 g/mol. The number of nitrogens with one attached hydrogen (secondary N) is 1. The molecule has 0 radical (unpaired) electrons. The van der Waals surface area contributed by atoms with Gasteiger partial charge in [-0.3, -0.25) is 4.79 Å². The lowest BCUT2D eigenvalue weighted by atomic mass is 10.0. The van der Waals surface area contributed by atoms with E-state index in [2.05, 4.69) is 15.4 Å². The summed E-state index contributed by atoms with van der Waals surface area (Å²) < 4.78 is 32.3. The number of carbonyl (C=O) groups is 1. The minimum absolute atomic E-state index is 0.0522. The molecule has 128 valence electrons. The van der Waals surface area contributed by atoms with Gasteiger partial charge in [0.25, 0.3) is 0 Å². The number of H-pyrrole nitrogens is 1. The summed E-state index contributed by atoms with van der Waals surface area (Å²) in [5.74, 6) is -1.95. The van der Waals surface area contributed by atoms with E-state index >= 15 is 0 Å². The highest BCUT2D eigenvalue weighted by Gasteiger charge is 2.37. The summed E-state index contributed by atoms with van der Waals surface area (Å²) in [6, 6.07) is 3.99. The first kappa shape index (κ1) is 16.5. The third kappa shape index (κ3) is 3.28. The highest BCUT2D eigenvalue weighted by Crippen LogP contribution is 2.28. The van der Waals surface area contributed by atoms with E-state index in [1.54, 1.807) is 18.2 Å². The SMILES string of the molecule is CO[C@@H]1CN(C(=O)CCc2cccc(F)c2F)C[C@H]1c1cn[nH]n1. The third-order valence-corrected chi connectivity index (χ3v) is 4.37. The minimum Gasteiger partial charge on any atom is -0.379 e. The van der Waals surface area contributed by atoms with Gasteiger partial charge in [0.2, 0.25) is 5.91 Å². The largest absolute Gasteiger partial charge is 0.379 e. The van der Waals surface area contributed by atoms with Crippen molar-refractivity contribution >= 4 is 5.91 Å². The van der Waals surface area contributed by atoms with Crippen LogP contribution in [0.15, 0.2) is 24.4 Å². The Hall–Kier alpha value is -2.35. The van der Waals surface area contributed by atoms with E-state index in [-0.39, 0.29) is 36.3 Å². The lowest BCUT2D eigenvalue weighted by Gasteiger charge is -2.16. The van der Waals surface area contributed by atoms with E-state index in [1.165, 1.54) is 12.1 Å². The molecular weight excluding hydrogens is 318 g/mol. The molecule has 8 heteroatoms. The van der Waals surface area contributed by atoms with Crippen molar-refractivity contribution in [1.82, 2.24) is 20.3 Å². The molecule has 6 nitrogen and oxygen atoms in total. The fraction of sp³-hybridized carbons (Fsp3) is 0.438. The Morgan fingerprint density at radius 2 is 2.25 bits per heavy atom. The minimum atomic E-state index is -0.897. The number of hydrogen-bond acceptors (Lipinski definition) is 4. The molecule has 3 rings (SSSR count). The van der Waals surface area contributed by atoms with E-state index in [0.29, 0.717) is 13.1 Å². The summed E-state index contributed by atoms with van der Waals surface area (Å²) in [6.07, 6.45) is 1.73. The molecule has 2 aromatic rings. The Balaban J connectivity index is 1.62. The van der Waals surface area contributed by atoms with Crippen molar-refractivity contribution in [2.24, 2.45) is 0 Å². The average Bonchev–Trinajstić information content (AvgIpc) is 3.24. The van der Waals surface area contributed by atoms with Crippen molar-refractivity contribution in [2.45, 2.75) is 24.9 Å². The molecule has 1 aliphatic heterocycles. The zero-order chi connectivity index (χ0) is 17.1. The quantitative estimate of drug-likeness (QED) is 0.901. The number of amides is 1. The van der Waals surface area contributed by atoms with Crippen LogP contribution in [-0.2, 0) is 16.0 Å². The van der Waals surface area contributed by atoms with Crippen LogP contribution in [0.5, 0.6) is 0 Å². The Labute approximate surface area is 137 Å². The third-order valence-electron chi connectivity index (χ3n) is 4.37. The van der Waals surface area contributed by atoms with Crippen molar-refractivity contribution in [3.63, 3.8) is 0 Å². The smallest absolute Gasteiger partial charge is 0.223 e. The number of aromatic nitrogens is 3.